The number of carbonyl (C=O) groups excluding carboxylic acids is 1. The maximum Gasteiger partial charge on any atom is 0.225 e. The molecular weight excluding hydrogens is 174 g/mol. The van der Waals surface area contributed by atoms with Crippen molar-refractivity contribution in [2.75, 3.05) is 6.54 Å². The summed E-state index contributed by atoms with van der Waals surface area (Å²) in [7, 11) is 0. The standard InChI is InChI=1S/C12H21NO/c1-3-4-10-13-11(14)12(2)8-6-5-7-9-12/h3H,1,4-10H2,2H3,(H,13,14). The molecule has 0 spiro atoms. The lowest BCUT2D eigenvalue weighted by atomic mass is 9.75. The van der Waals surface area contributed by atoms with Gasteiger partial charge in [-0.1, -0.05) is 32.3 Å². The summed E-state index contributed by atoms with van der Waals surface area (Å²) in [6.45, 7) is 6.46. The van der Waals surface area contributed by atoms with Gasteiger partial charge in [-0.3, -0.25) is 4.79 Å². The molecule has 0 aromatic carbocycles. The molecule has 0 bridgehead atoms. The summed E-state index contributed by atoms with van der Waals surface area (Å²) in [5.41, 5.74) is -0.0978. The van der Waals surface area contributed by atoms with Crippen LogP contribution in [-0.4, -0.2) is 12.5 Å². The van der Waals surface area contributed by atoms with Crippen LogP contribution in [0.4, 0.5) is 0 Å². The summed E-state index contributed by atoms with van der Waals surface area (Å²) >= 11 is 0. The Morgan fingerprint density at radius 1 is 1.43 bits per heavy atom. The minimum absolute atomic E-state index is 0.0978. The third-order valence-corrected chi connectivity index (χ3v) is 3.14. The molecule has 0 radical (unpaired) electrons. The van der Waals surface area contributed by atoms with Gasteiger partial charge in [-0.05, 0) is 19.3 Å². The van der Waals surface area contributed by atoms with E-state index in [1.54, 1.807) is 0 Å². The van der Waals surface area contributed by atoms with E-state index in [0.29, 0.717) is 0 Å². The summed E-state index contributed by atoms with van der Waals surface area (Å²) in [4.78, 5) is 11.8. The van der Waals surface area contributed by atoms with Crippen molar-refractivity contribution >= 4 is 5.91 Å². The molecule has 1 aliphatic carbocycles. The van der Waals surface area contributed by atoms with E-state index < -0.39 is 0 Å². The fraction of sp³-hybridized carbons (Fsp3) is 0.750. The van der Waals surface area contributed by atoms with E-state index in [0.717, 1.165) is 25.8 Å². The van der Waals surface area contributed by atoms with Crippen LogP contribution in [0, 0.1) is 5.41 Å². The van der Waals surface area contributed by atoms with Gasteiger partial charge in [-0.25, -0.2) is 0 Å². The molecule has 0 aromatic heterocycles. The minimum atomic E-state index is -0.0978. The largest absolute Gasteiger partial charge is 0.355 e. The molecule has 1 fully saturated rings. The Kier molecular flexibility index (Phi) is 4.18. The predicted octanol–water partition coefficient (Wildman–Crippen LogP) is 2.65. The normalized spacial score (nSPS) is 20.1. The van der Waals surface area contributed by atoms with Gasteiger partial charge in [0, 0.05) is 12.0 Å². The van der Waals surface area contributed by atoms with Crippen molar-refractivity contribution in [1.82, 2.24) is 5.32 Å². The van der Waals surface area contributed by atoms with Crippen molar-refractivity contribution in [2.45, 2.75) is 45.4 Å². The summed E-state index contributed by atoms with van der Waals surface area (Å²) in [6.07, 6.45) is 8.48. The van der Waals surface area contributed by atoms with Crippen molar-refractivity contribution < 1.29 is 4.79 Å². The molecular formula is C12H21NO. The average Bonchev–Trinajstić information content (AvgIpc) is 2.19. The molecule has 1 saturated carbocycles. The third-order valence-electron chi connectivity index (χ3n) is 3.14. The molecule has 14 heavy (non-hydrogen) atoms. The molecule has 0 heterocycles. The summed E-state index contributed by atoms with van der Waals surface area (Å²) in [5.74, 6) is 0.235. The average molecular weight is 195 g/mol. The Hall–Kier alpha value is -0.790. The molecule has 0 saturated heterocycles. The summed E-state index contributed by atoms with van der Waals surface area (Å²) in [5, 5.41) is 2.98. The second-order valence-electron chi connectivity index (χ2n) is 4.45. The monoisotopic (exact) mass is 195 g/mol. The molecule has 80 valence electrons. The lowest BCUT2D eigenvalue weighted by Gasteiger charge is -2.31. The maximum absolute atomic E-state index is 11.8. The molecule has 0 atom stereocenters. The highest BCUT2D eigenvalue weighted by Crippen LogP contribution is 2.35. The van der Waals surface area contributed by atoms with E-state index in [1.807, 2.05) is 6.08 Å². The van der Waals surface area contributed by atoms with Crippen molar-refractivity contribution in [3.63, 3.8) is 0 Å². The first-order valence-corrected chi connectivity index (χ1v) is 5.58. The third kappa shape index (κ3) is 2.86. The second kappa shape index (κ2) is 5.18. The molecule has 1 amide bonds. The number of amides is 1. The molecule has 2 heteroatoms. The lowest BCUT2D eigenvalue weighted by molar-refractivity contribution is -0.131. The molecule has 1 N–H and O–H groups in total. The predicted molar refractivity (Wildman–Crippen MR) is 59.0 cm³/mol. The number of nitrogens with one attached hydrogen (secondary N) is 1. The van der Waals surface area contributed by atoms with Crippen LogP contribution in [0.1, 0.15) is 45.4 Å². The van der Waals surface area contributed by atoms with Crippen molar-refractivity contribution in [2.24, 2.45) is 5.41 Å². The number of hydrogen-bond donors (Lipinski definition) is 1. The first-order valence-electron chi connectivity index (χ1n) is 5.58. The quantitative estimate of drug-likeness (QED) is 0.542. The Morgan fingerprint density at radius 2 is 2.07 bits per heavy atom. The van der Waals surface area contributed by atoms with Crippen LogP contribution in [0.25, 0.3) is 0 Å². The Morgan fingerprint density at radius 3 is 2.64 bits per heavy atom. The van der Waals surface area contributed by atoms with Gasteiger partial charge in [0.1, 0.15) is 0 Å². The van der Waals surface area contributed by atoms with Crippen LogP contribution in [0.15, 0.2) is 12.7 Å². The van der Waals surface area contributed by atoms with Crippen LogP contribution < -0.4 is 5.32 Å². The van der Waals surface area contributed by atoms with Crippen molar-refractivity contribution in [3.05, 3.63) is 12.7 Å². The highest BCUT2D eigenvalue weighted by molar-refractivity contribution is 5.82. The van der Waals surface area contributed by atoms with Gasteiger partial charge in [0.2, 0.25) is 5.91 Å². The van der Waals surface area contributed by atoms with Gasteiger partial charge in [0.05, 0.1) is 0 Å². The van der Waals surface area contributed by atoms with Gasteiger partial charge in [0.15, 0.2) is 0 Å². The highest BCUT2D eigenvalue weighted by atomic mass is 16.2. The van der Waals surface area contributed by atoms with Crippen LogP contribution >= 0.6 is 0 Å². The number of carbonyl (C=O) groups is 1. The molecule has 1 rings (SSSR count). The molecule has 0 aromatic rings. The molecule has 0 unspecified atom stereocenters. The molecule has 0 aliphatic heterocycles. The van der Waals surface area contributed by atoms with E-state index in [1.165, 1.54) is 19.3 Å². The highest BCUT2D eigenvalue weighted by Gasteiger charge is 2.33. The first kappa shape index (κ1) is 11.3. The Balaban J connectivity index is 2.36. The zero-order valence-corrected chi connectivity index (χ0v) is 9.14. The van der Waals surface area contributed by atoms with Gasteiger partial charge < -0.3 is 5.32 Å². The van der Waals surface area contributed by atoms with Gasteiger partial charge in [-0.15, -0.1) is 6.58 Å². The fourth-order valence-electron chi connectivity index (χ4n) is 2.06. The summed E-state index contributed by atoms with van der Waals surface area (Å²) < 4.78 is 0. The number of hydrogen-bond acceptors (Lipinski definition) is 1. The van der Waals surface area contributed by atoms with Crippen LogP contribution in [-0.2, 0) is 4.79 Å². The molecule has 2 nitrogen and oxygen atoms in total. The smallest absolute Gasteiger partial charge is 0.225 e. The zero-order valence-electron chi connectivity index (χ0n) is 9.14. The minimum Gasteiger partial charge on any atom is -0.355 e. The van der Waals surface area contributed by atoms with Gasteiger partial charge in [-0.2, -0.15) is 0 Å². The topological polar surface area (TPSA) is 29.1 Å². The van der Waals surface area contributed by atoms with Crippen LogP contribution in [0.3, 0.4) is 0 Å². The lowest BCUT2D eigenvalue weighted by Crippen LogP contribution is -2.40. The summed E-state index contributed by atoms with van der Waals surface area (Å²) in [6, 6.07) is 0. The Labute approximate surface area is 86.8 Å². The van der Waals surface area contributed by atoms with E-state index in [2.05, 4.69) is 18.8 Å². The van der Waals surface area contributed by atoms with Crippen LogP contribution in [0.2, 0.25) is 0 Å². The van der Waals surface area contributed by atoms with Gasteiger partial charge in [0.25, 0.3) is 0 Å². The van der Waals surface area contributed by atoms with E-state index in [-0.39, 0.29) is 11.3 Å². The maximum atomic E-state index is 11.8. The Bertz CT molecular complexity index is 204. The molecule has 1 aliphatic rings. The van der Waals surface area contributed by atoms with E-state index >= 15 is 0 Å². The van der Waals surface area contributed by atoms with Crippen molar-refractivity contribution in [3.8, 4) is 0 Å². The van der Waals surface area contributed by atoms with E-state index in [4.69, 9.17) is 0 Å². The first-order chi connectivity index (χ1) is 6.69. The SMILES string of the molecule is C=CCCNC(=O)C1(C)CCCCC1. The number of rotatable bonds is 4. The van der Waals surface area contributed by atoms with Crippen LogP contribution in [0.5, 0.6) is 0 Å². The van der Waals surface area contributed by atoms with Gasteiger partial charge >= 0.3 is 0 Å². The second-order valence-corrected chi connectivity index (χ2v) is 4.45. The van der Waals surface area contributed by atoms with E-state index in [9.17, 15) is 4.79 Å². The zero-order chi connectivity index (χ0) is 10.4. The van der Waals surface area contributed by atoms with Crippen molar-refractivity contribution in [1.29, 1.82) is 0 Å². The fourth-order valence-corrected chi connectivity index (χ4v) is 2.06.